The number of hydrogen-bond acceptors (Lipinski definition) is 3. The lowest BCUT2D eigenvalue weighted by Crippen LogP contribution is -2.09. The SMILES string of the molecule is NC(=S)c1cccc2n[nH]nc12. The lowest BCUT2D eigenvalue weighted by Gasteiger charge is -1.95. The Morgan fingerprint density at radius 2 is 2.25 bits per heavy atom. The predicted molar refractivity (Wildman–Crippen MR) is 49.8 cm³/mol. The number of nitrogens with one attached hydrogen (secondary N) is 1. The number of aromatic nitrogens is 3. The maximum Gasteiger partial charge on any atom is 0.123 e. The van der Waals surface area contributed by atoms with Crippen LogP contribution in [0, 0.1) is 0 Å². The zero-order valence-electron chi connectivity index (χ0n) is 6.11. The van der Waals surface area contributed by atoms with E-state index < -0.39 is 0 Å². The van der Waals surface area contributed by atoms with Crippen molar-refractivity contribution in [1.29, 1.82) is 0 Å². The highest BCUT2D eigenvalue weighted by Crippen LogP contribution is 2.12. The summed E-state index contributed by atoms with van der Waals surface area (Å²) >= 11 is 4.85. The lowest BCUT2D eigenvalue weighted by molar-refractivity contribution is 0.959. The Hall–Kier alpha value is -1.49. The minimum Gasteiger partial charge on any atom is -0.389 e. The molecule has 0 spiro atoms. The Labute approximate surface area is 73.8 Å². The molecule has 3 N–H and O–H groups in total. The van der Waals surface area contributed by atoms with Crippen LogP contribution in [0.5, 0.6) is 0 Å². The van der Waals surface area contributed by atoms with Crippen LogP contribution in [-0.4, -0.2) is 20.4 Å². The first-order valence-electron chi connectivity index (χ1n) is 3.38. The van der Waals surface area contributed by atoms with Crippen LogP contribution >= 0.6 is 12.2 Å². The average Bonchev–Trinajstić information content (AvgIpc) is 2.49. The van der Waals surface area contributed by atoms with Gasteiger partial charge in [-0.05, 0) is 12.1 Å². The van der Waals surface area contributed by atoms with E-state index in [9.17, 15) is 0 Å². The average molecular weight is 178 g/mol. The highest BCUT2D eigenvalue weighted by atomic mass is 32.1. The first-order chi connectivity index (χ1) is 5.79. The number of thiocarbonyl (C=S) groups is 1. The molecule has 1 heterocycles. The smallest absolute Gasteiger partial charge is 0.123 e. The molecule has 0 amide bonds. The molecule has 0 aliphatic carbocycles. The number of aromatic amines is 1. The third-order valence-electron chi connectivity index (χ3n) is 1.61. The van der Waals surface area contributed by atoms with E-state index in [2.05, 4.69) is 15.4 Å². The van der Waals surface area contributed by atoms with Gasteiger partial charge in [-0.1, -0.05) is 18.3 Å². The standard InChI is InChI=1S/C7H6N4S/c8-7(12)4-2-1-3-5-6(4)10-11-9-5/h1-3H,(H2,8,12)(H,9,10,11). The molecule has 0 aliphatic rings. The summed E-state index contributed by atoms with van der Waals surface area (Å²) in [6.07, 6.45) is 0. The van der Waals surface area contributed by atoms with Crippen molar-refractivity contribution < 1.29 is 0 Å². The van der Waals surface area contributed by atoms with Crippen LogP contribution in [0.25, 0.3) is 11.0 Å². The summed E-state index contributed by atoms with van der Waals surface area (Å²) in [4.78, 5) is 0.342. The van der Waals surface area contributed by atoms with E-state index in [1.807, 2.05) is 18.2 Å². The highest BCUT2D eigenvalue weighted by Gasteiger charge is 2.05. The number of H-pyrrole nitrogens is 1. The van der Waals surface area contributed by atoms with Crippen LogP contribution in [0.15, 0.2) is 18.2 Å². The molecule has 0 saturated heterocycles. The quantitative estimate of drug-likeness (QED) is 0.627. The van der Waals surface area contributed by atoms with Crippen LogP contribution in [-0.2, 0) is 0 Å². The fourth-order valence-electron chi connectivity index (χ4n) is 1.07. The molecule has 4 nitrogen and oxygen atoms in total. The van der Waals surface area contributed by atoms with Gasteiger partial charge < -0.3 is 5.73 Å². The maximum absolute atomic E-state index is 5.49. The van der Waals surface area contributed by atoms with Crippen LogP contribution in [0.4, 0.5) is 0 Å². The van der Waals surface area contributed by atoms with Gasteiger partial charge in [0.05, 0.1) is 0 Å². The van der Waals surface area contributed by atoms with Gasteiger partial charge in [0.15, 0.2) is 0 Å². The summed E-state index contributed by atoms with van der Waals surface area (Å²) < 4.78 is 0. The van der Waals surface area contributed by atoms with Gasteiger partial charge in [-0.15, -0.1) is 0 Å². The minimum absolute atomic E-state index is 0.342. The van der Waals surface area contributed by atoms with Gasteiger partial charge >= 0.3 is 0 Å². The highest BCUT2D eigenvalue weighted by molar-refractivity contribution is 7.80. The molecule has 12 heavy (non-hydrogen) atoms. The number of para-hydroxylation sites is 1. The summed E-state index contributed by atoms with van der Waals surface area (Å²) in [7, 11) is 0. The van der Waals surface area contributed by atoms with Gasteiger partial charge in [0.2, 0.25) is 0 Å². The van der Waals surface area contributed by atoms with Crippen molar-refractivity contribution >= 4 is 28.2 Å². The van der Waals surface area contributed by atoms with Crippen LogP contribution in [0.3, 0.4) is 0 Å². The third-order valence-corrected chi connectivity index (χ3v) is 1.83. The van der Waals surface area contributed by atoms with Gasteiger partial charge in [-0.2, -0.15) is 15.4 Å². The number of nitrogens with two attached hydrogens (primary N) is 1. The van der Waals surface area contributed by atoms with E-state index in [4.69, 9.17) is 18.0 Å². The van der Waals surface area contributed by atoms with Crippen molar-refractivity contribution in [3.8, 4) is 0 Å². The maximum atomic E-state index is 5.49. The fourth-order valence-corrected chi connectivity index (χ4v) is 1.23. The number of rotatable bonds is 1. The summed E-state index contributed by atoms with van der Waals surface area (Å²) in [6.45, 7) is 0. The Morgan fingerprint density at radius 1 is 1.42 bits per heavy atom. The molecule has 1 aromatic carbocycles. The molecule has 0 saturated carbocycles. The first-order valence-corrected chi connectivity index (χ1v) is 3.79. The Morgan fingerprint density at radius 3 is 3.00 bits per heavy atom. The van der Waals surface area contributed by atoms with Crippen molar-refractivity contribution in [3.05, 3.63) is 23.8 Å². The van der Waals surface area contributed by atoms with Crippen LogP contribution < -0.4 is 5.73 Å². The van der Waals surface area contributed by atoms with E-state index in [0.717, 1.165) is 16.6 Å². The molecule has 0 unspecified atom stereocenters. The molecular formula is C7H6N4S. The van der Waals surface area contributed by atoms with Crippen LogP contribution in [0.2, 0.25) is 0 Å². The molecule has 0 atom stereocenters. The zero-order valence-corrected chi connectivity index (χ0v) is 6.93. The first kappa shape index (κ1) is 7.17. The molecule has 5 heteroatoms. The molecular weight excluding hydrogens is 172 g/mol. The fraction of sp³-hybridized carbons (Fsp3) is 0. The van der Waals surface area contributed by atoms with Crippen molar-refractivity contribution in [2.45, 2.75) is 0 Å². The molecule has 0 aliphatic heterocycles. The van der Waals surface area contributed by atoms with Crippen molar-refractivity contribution in [2.75, 3.05) is 0 Å². The van der Waals surface area contributed by atoms with Gasteiger partial charge in [-0.25, -0.2) is 0 Å². The largest absolute Gasteiger partial charge is 0.389 e. The summed E-state index contributed by atoms with van der Waals surface area (Å²) in [6, 6.07) is 5.52. The molecule has 2 rings (SSSR count). The topological polar surface area (TPSA) is 67.6 Å². The molecule has 0 bridgehead atoms. The van der Waals surface area contributed by atoms with E-state index in [1.54, 1.807) is 0 Å². The Bertz CT molecular complexity index is 434. The molecule has 2 aromatic rings. The lowest BCUT2D eigenvalue weighted by atomic mass is 10.2. The molecule has 0 fully saturated rings. The van der Waals surface area contributed by atoms with E-state index >= 15 is 0 Å². The predicted octanol–water partition coefficient (Wildman–Crippen LogP) is 0.592. The minimum atomic E-state index is 0.342. The van der Waals surface area contributed by atoms with Gasteiger partial charge in [0.1, 0.15) is 16.0 Å². The zero-order chi connectivity index (χ0) is 8.55. The molecule has 1 aromatic heterocycles. The summed E-state index contributed by atoms with van der Waals surface area (Å²) in [5, 5.41) is 10.4. The van der Waals surface area contributed by atoms with E-state index in [-0.39, 0.29) is 0 Å². The second kappa shape index (κ2) is 2.53. The van der Waals surface area contributed by atoms with E-state index in [0.29, 0.717) is 4.99 Å². The second-order valence-corrected chi connectivity index (χ2v) is 2.80. The van der Waals surface area contributed by atoms with Gasteiger partial charge in [0.25, 0.3) is 0 Å². The van der Waals surface area contributed by atoms with E-state index in [1.165, 1.54) is 0 Å². The van der Waals surface area contributed by atoms with Gasteiger partial charge in [-0.3, -0.25) is 0 Å². The summed E-state index contributed by atoms with van der Waals surface area (Å²) in [5.74, 6) is 0. The number of hydrogen-bond donors (Lipinski definition) is 2. The van der Waals surface area contributed by atoms with Gasteiger partial charge in [0, 0.05) is 5.56 Å². The molecule has 60 valence electrons. The number of nitrogens with zero attached hydrogens (tertiary/aromatic N) is 2. The number of benzene rings is 1. The monoisotopic (exact) mass is 178 g/mol. The molecule has 0 radical (unpaired) electrons. The Balaban J connectivity index is 2.82. The van der Waals surface area contributed by atoms with Crippen molar-refractivity contribution in [2.24, 2.45) is 5.73 Å². The second-order valence-electron chi connectivity index (χ2n) is 2.36. The third kappa shape index (κ3) is 0.947. The summed E-state index contributed by atoms with van der Waals surface area (Å²) in [5.41, 5.74) is 7.75. The van der Waals surface area contributed by atoms with Crippen LogP contribution in [0.1, 0.15) is 5.56 Å². The van der Waals surface area contributed by atoms with Crippen molar-refractivity contribution in [3.63, 3.8) is 0 Å². The van der Waals surface area contributed by atoms with Crippen molar-refractivity contribution in [1.82, 2.24) is 15.4 Å². The normalized spacial score (nSPS) is 10.3. The Kier molecular flexibility index (Phi) is 1.51. The number of fused-ring (bicyclic) bond motifs is 1.